The van der Waals surface area contributed by atoms with Crippen LogP contribution in [-0.4, -0.2) is 48.6 Å². The average molecular weight is 683 g/mol. The van der Waals surface area contributed by atoms with Crippen molar-refractivity contribution in [2.75, 3.05) is 26.4 Å². The SMILES string of the molecule is C=C(CO)C(=O)OCC(CCc1ccc(C2CCC(C3=CC(CC)C(c4ccc(CCCCC)cc4)C=C3)CC2)cc1)COC(=O)C(=C)CO. The third-order valence-corrected chi connectivity index (χ3v) is 10.6. The summed E-state index contributed by atoms with van der Waals surface area (Å²) >= 11 is 0. The molecular weight excluding hydrogens is 624 g/mol. The molecule has 2 aromatic carbocycles. The van der Waals surface area contributed by atoms with Crippen LogP contribution >= 0.6 is 0 Å². The molecule has 50 heavy (non-hydrogen) atoms. The van der Waals surface area contributed by atoms with Crippen molar-refractivity contribution in [1.82, 2.24) is 0 Å². The number of ether oxygens (including phenoxy) is 2. The molecule has 6 heteroatoms. The molecule has 2 aliphatic carbocycles. The number of aryl methyl sites for hydroxylation is 2. The van der Waals surface area contributed by atoms with E-state index in [1.54, 1.807) is 0 Å². The third-order valence-electron chi connectivity index (χ3n) is 10.6. The summed E-state index contributed by atoms with van der Waals surface area (Å²) in [6.45, 7) is 10.7. The molecule has 1 fully saturated rings. The highest BCUT2D eigenvalue weighted by atomic mass is 16.5. The van der Waals surface area contributed by atoms with Gasteiger partial charge in [0.25, 0.3) is 0 Å². The van der Waals surface area contributed by atoms with Crippen molar-refractivity contribution in [1.29, 1.82) is 0 Å². The molecule has 6 nitrogen and oxygen atoms in total. The number of carbonyl (C=O) groups is 2. The summed E-state index contributed by atoms with van der Waals surface area (Å²) in [5.74, 6) is 0.582. The first-order chi connectivity index (χ1) is 24.3. The quantitative estimate of drug-likeness (QED) is 0.0875. The van der Waals surface area contributed by atoms with Crippen molar-refractivity contribution >= 4 is 11.9 Å². The fourth-order valence-corrected chi connectivity index (χ4v) is 7.27. The first-order valence-electron chi connectivity index (χ1n) is 18.7. The molecule has 0 heterocycles. The van der Waals surface area contributed by atoms with Gasteiger partial charge in [-0.15, -0.1) is 0 Å². The van der Waals surface area contributed by atoms with Crippen LogP contribution in [0.4, 0.5) is 0 Å². The Morgan fingerprint density at radius 1 is 0.760 bits per heavy atom. The summed E-state index contributed by atoms with van der Waals surface area (Å²) in [7, 11) is 0. The summed E-state index contributed by atoms with van der Waals surface area (Å²) in [5, 5.41) is 18.3. The van der Waals surface area contributed by atoms with Gasteiger partial charge in [-0.25, -0.2) is 9.59 Å². The van der Waals surface area contributed by atoms with Gasteiger partial charge in [-0.2, -0.15) is 0 Å². The van der Waals surface area contributed by atoms with Crippen molar-refractivity contribution in [2.45, 2.75) is 96.3 Å². The average Bonchev–Trinajstić information content (AvgIpc) is 3.17. The summed E-state index contributed by atoms with van der Waals surface area (Å²) in [6, 6.07) is 18.2. The molecule has 0 saturated heterocycles. The van der Waals surface area contributed by atoms with Crippen LogP contribution in [0.5, 0.6) is 0 Å². The van der Waals surface area contributed by atoms with E-state index in [9.17, 15) is 9.59 Å². The molecule has 4 rings (SSSR count). The summed E-state index contributed by atoms with van der Waals surface area (Å²) in [6.07, 6.45) is 19.8. The van der Waals surface area contributed by atoms with Gasteiger partial charge >= 0.3 is 11.9 Å². The Balaban J connectivity index is 1.27. The van der Waals surface area contributed by atoms with Crippen LogP contribution in [0.25, 0.3) is 0 Å². The third kappa shape index (κ3) is 11.4. The molecule has 0 aliphatic heterocycles. The van der Waals surface area contributed by atoms with Crippen LogP contribution in [0.15, 0.2) is 96.6 Å². The molecule has 2 unspecified atom stereocenters. The Labute approximate surface area is 300 Å². The van der Waals surface area contributed by atoms with Gasteiger partial charge in [0.1, 0.15) is 0 Å². The molecule has 0 radical (unpaired) electrons. The van der Waals surface area contributed by atoms with Gasteiger partial charge < -0.3 is 19.7 Å². The van der Waals surface area contributed by atoms with E-state index >= 15 is 0 Å². The lowest BCUT2D eigenvalue weighted by Crippen LogP contribution is -2.23. The highest BCUT2D eigenvalue weighted by molar-refractivity contribution is 5.88. The van der Waals surface area contributed by atoms with Gasteiger partial charge in [0.2, 0.25) is 0 Å². The second-order valence-electron chi connectivity index (χ2n) is 14.2. The van der Waals surface area contributed by atoms with Crippen molar-refractivity contribution in [3.63, 3.8) is 0 Å². The molecule has 2 N–H and O–H groups in total. The number of unbranched alkanes of at least 4 members (excludes halogenated alkanes) is 2. The molecular formula is C44H58O6. The molecule has 2 aromatic rings. The van der Waals surface area contributed by atoms with Crippen LogP contribution in [0.1, 0.15) is 106 Å². The molecule has 0 amide bonds. The Bertz CT molecular complexity index is 1430. The normalized spacial score (nSPS) is 20.3. The summed E-state index contributed by atoms with van der Waals surface area (Å²) < 4.78 is 10.6. The van der Waals surface area contributed by atoms with Gasteiger partial charge in [-0.3, -0.25) is 0 Å². The highest BCUT2D eigenvalue weighted by Gasteiger charge is 2.28. The van der Waals surface area contributed by atoms with E-state index < -0.39 is 25.2 Å². The molecule has 0 spiro atoms. The van der Waals surface area contributed by atoms with Crippen molar-refractivity contribution in [3.05, 3.63) is 119 Å². The zero-order valence-corrected chi connectivity index (χ0v) is 30.3. The van der Waals surface area contributed by atoms with Crippen molar-refractivity contribution < 1.29 is 29.3 Å². The van der Waals surface area contributed by atoms with E-state index in [2.05, 4.69) is 93.8 Å². The lowest BCUT2D eigenvalue weighted by Gasteiger charge is -2.33. The number of hydrogen-bond acceptors (Lipinski definition) is 6. The lowest BCUT2D eigenvalue weighted by molar-refractivity contribution is -0.144. The van der Waals surface area contributed by atoms with Gasteiger partial charge in [0.15, 0.2) is 0 Å². The number of esters is 2. The maximum absolute atomic E-state index is 12.0. The van der Waals surface area contributed by atoms with Crippen LogP contribution in [-0.2, 0) is 31.9 Å². The van der Waals surface area contributed by atoms with Crippen molar-refractivity contribution in [3.8, 4) is 0 Å². The summed E-state index contributed by atoms with van der Waals surface area (Å²) in [4.78, 5) is 24.1. The van der Waals surface area contributed by atoms with E-state index in [1.807, 2.05) is 0 Å². The second-order valence-corrected chi connectivity index (χ2v) is 14.2. The van der Waals surface area contributed by atoms with E-state index in [0.29, 0.717) is 30.1 Å². The first kappa shape index (κ1) is 39.1. The van der Waals surface area contributed by atoms with E-state index in [1.165, 1.54) is 73.6 Å². The van der Waals surface area contributed by atoms with E-state index in [0.717, 1.165) is 18.4 Å². The molecule has 2 aliphatic rings. The number of rotatable bonds is 19. The minimum atomic E-state index is -0.675. The van der Waals surface area contributed by atoms with Crippen LogP contribution in [0.3, 0.4) is 0 Å². The zero-order chi connectivity index (χ0) is 35.9. The molecule has 270 valence electrons. The molecule has 0 bridgehead atoms. The Hall–Kier alpha value is -3.74. The highest BCUT2D eigenvalue weighted by Crippen LogP contribution is 2.43. The van der Waals surface area contributed by atoms with E-state index in [-0.39, 0.29) is 30.3 Å². The minimum absolute atomic E-state index is 0.0234. The number of hydrogen-bond donors (Lipinski definition) is 2. The van der Waals surface area contributed by atoms with Gasteiger partial charge in [-0.05, 0) is 103 Å². The van der Waals surface area contributed by atoms with Crippen LogP contribution < -0.4 is 0 Å². The van der Waals surface area contributed by atoms with Gasteiger partial charge in [0, 0.05) is 11.8 Å². The number of allylic oxidation sites excluding steroid dienone is 4. The fourth-order valence-electron chi connectivity index (χ4n) is 7.27. The largest absolute Gasteiger partial charge is 0.462 e. The Morgan fingerprint density at radius 2 is 1.30 bits per heavy atom. The van der Waals surface area contributed by atoms with Crippen LogP contribution in [0.2, 0.25) is 0 Å². The zero-order valence-electron chi connectivity index (χ0n) is 30.3. The Morgan fingerprint density at radius 3 is 1.84 bits per heavy atom. The number of aliphatic hydroxyl groups excluding tert-OH is 2. The number of benzene rings is 2. The number of carbonyl (C=O) groups excluding carboxylic acids is 2. The van der Waals surface area contributed by atoms with E-state index in [4.69, 9.17) is 19.7 Å². The second kappa shape index (κ2) is 20.2. The molecule has 2 atom stereocenters. The first-order valence-corrected chi connectivity index (χ1v) is 18.7. The smallest absolute Gasteiger partial charge is 0.335 e. The van der Waals surface area contributed by atoms with Gasteiger partial charge in [-0.1, -0.05) is 107 Å². The van der Waals surface area contributed by atoms with Crippen molar-refractivity contribution in [2.24, 2.45) is 17.8 Å². The predicted molar refractivity (Wildman–Crippen MR) is 201 cm³/mol. The standard InChI is InChI=1S/C44H58O6/c1-5-7-8-9-33-14-18-40(19-15-33)42-25-24-41(26-36(42)6-2)39-22-20-38(21-23-39)37-16-12-34(13-17-37)10-11-35(29-49-43(47)31(3)27-45)30-50-44(48)32(4)28-46/h12-19,24-26,35-36,38-39,42,45-46H,3-11,20-23,27-30H2,1-2H3. The van der Waals surface area contributed by atoms with Gasteiger partial charge in [0.05, 0.1) is 37.6 Å². The summed E-state index contributed by atoms with van der Waals surface area (Å²) in [5.41, 5.74) is 6.91. The maximum atomic E-state index is 12.0. The maximum Gasteiger partial charge on any atom is 0.335 e. The lowest BCUT2D eigenvalue weighted by atomic mass is 9.72. The molecule has 1 saturated carbocycles. The van der Waals surface area contributed by atoms with Crippen LogP contribution in [0, 0.1) is 17.8 Å². The minimum Gasteiger partial charge on any atom is -0.462 e. The molecule has 0 aromatic heterocycles. The monoisotopic (exact) mass is 682 g/mol. The Kier molecular flexibility index (Phi) is 15.8. The fraction of sp³-hybridized carbons (Fsp3) is 0.500. The predicted octanol–water partition coefficient (Wildman–Crippen LogP) is 8.73. The topological polar surface area (TPSA) is 93.1 Å². The number of aliphatic hydroxyl groups is 2.